The van der Waals surface area contributed by atoms with Crippen LogP contribution in [0.5, 0.6) is 0 Å². The molecule has 0 atom stereocenters. The number of carbonyl (C=O) groups is 4. The first-order chi connectivity index (χ1) is 30.6. The van der Waals surface area contributed by atoms with Crippen LogP contribution in [-0.4, -0.2) is 91.3 Å². The molecule has 14 nitrogen and oxygen atoms in total. The van der Waals surface area contributed by atoms with Gasteiger partial charge in [0.25, 0.3) is 0 Å². The minimum atomic E-state index is -3.60. The van der Waals surface area contributed by atoms with E-state index in [1.54, 1.807) is 32.9 Å². The third-order valence-electron chi connectivity index (χ3n) is 13.5. The number of hydrogen-bond donors (Lipinski definition) is 1. The molecule has 1 amide bonds. The zero-order valence-corrected chi connectivity index (χ0v) is 40.4. The monoisotopic (exact) mass is 929 g/mol. The number of carbonyl (C=O) groups excluding carboxylic acids is 4. The Kier molecular flexibility index (Phi) is 13.6. The molecule has 2 aromatic heterocycles. The summed E-state index contributed by atoms with van der Waals surface area (Å²) in [5.74, 6) is -0.763. The SMILES string of the molecule is COC(=O)Cn1c(C)c(Cc2ccccc2S(=O)(=O)N2CCCC2)c2c1CC(C)(C)CC2=O.Cc1c(Cc2ccccc2S(=O)(=O)N2CCCC2)c2c(n1CC(N)=O)CC(C)(C)CC2=O. The standard InChI is InChI=1S/C25H32N2O5S.C24H31N3O4S/c1-17-19(13-18-9-5-6-10-22(18)33(30,31)26-11-7-8-12-26)24-20(27(17)16-23(29)32-4)14-25(2,3)15-21(24)28;1-16-18(23-19(27(16)15-22(25)29)13-24(2,3)14-20(23)28)12-17-8-4-5-9-21(17)32(30,31)26-10-6-7-11-26/h5-6,9-10H,7-8,11-16H2,1-4H3;4-5,8-9H,6-7,10-15H2,1-3H3,(H2,25,29). The number of primary amides is 1. The number of Topliss-reactive ketones (excluding diaryl/α,β-unsaturated/α-hetero) is 2. The molecule has 350 valence electrons. The number of hydrogen-bond acceptors (Lipinski definition) is 9. The van der Waals surface area contributed by atoms with Crippen LogP contribution in [0.3, 0.4) is 0 Å². The van der Waals surface area contributed by atoms with Gasteiger partial charge in [-0.15, -0.1) is 0 Å². The van der Waals surface area contributed by atoms with Crippen LogP contribution in [-0.2, 0) is 73.1 Å². The van der Waals surface area contributed by atoms with E-state index < -0.39 is 26.0 Å². The average Bonchev–Trinajstić information content (AvgIpc) is 4.06. The molecule has 0 spiro atoms. The number of benzene rings is 2. The zero-order valence-electron chi connectivity index (χ0n) is 38.8. The van der Waals surface area contributed by atoms with Crippen molar-refractivity contribution >= 4 is 43.5 Å². The second kappa shape index (κ2) is 18.4. The quantitative estimate of drug-likeness (QED) is 0.159. The minimum Gasteiger partial charge on any atom is -0.468 e. The van der Waals surface area contributed by atoms with Gasteiger partial charge in [-0.1, -0.05) is 64.1 Å². The highest BCUT2D eigenvalue weighted by molar-refractivity contribution is 7.89. The van der Waals surface area contributed by atoms with Crippen LogP contribution in [0.15, 0.2) is 58.3 Å². The van der Waals surface area contributed by atoms with Gasteiger partial charge >= 0.3 is 5.97 Å². The number of amides is 1. The zero-order chi connectivity index (χ0) is 47.2. The van der Waals surface area contributed by atoms with Crippen molar-refractivity contribution in [1.82, 2.24) is 17.7 Å². The predicted octanol–water partition coefficient (Wildman–Crippen LogP) is 6.31. The van der Waals surface area contributed by atoms with Crippen LogP contribution >= 0.6 is 0 Å². The molecule has 2 N–H and O–H groups in total. The molecule has 65 heavy (non-hydrogen) atoms. The molecule has 0 bridgehead atoms. The Hall–Kier alpha value is -4.90. The molecule has 0 radical (unpaired) electrons. The average molecular weight is 930 g/mol. The van der Waals surface area contributed by atoms with Gasteiger partial charge in [-0.25, -0.2) is 16.8 Å². The molecule has 2 aromatic carbocycles. The van der Waals surface area contributed by atoms with Gasteiger partial charge in [0.05, 0.1) is 16.9 Å². The highest BCUT2D eigenvalue weighted by Gasteiger charge is 2.40. The fourth-order valence-electron chi connectivity index (χ4n) is 10.3. The number of fused-ring (bicyclic) bond motifs is 2. The van der Waals surface area contributed by atoms with E-state index in [4.69, 9.17) is 10.5 Å². The van der Waals surface area contributed by atoms with Gasteiger partial charge in [-0.05, 0) is 97.6 Å². The van der Waals surface area contributed by atoms with E-state index in [0.29, 0.717) is 96.7 Å². The fraction of sp³-hybridized carbons (Fsp3) is 0.510. The van der Waals surface area contributed by atoms with Crippen LogP contribution in [0.2, 0.25) is 0 Å². The lowest BCUT2D eigenvalue weighted by molar-refractivity contribution is -0.141. The molecule has 2 aliphatic carbocycles. The van der Waals surface area contributed by atoms with Crippen molar-refractivity contribution in [1.29, 1.82) is 0 Å². The number of methoxy groups -OCH3 is 1. The van der Waals surface area contributed by atoms with Gasteiger partial charge in [0.2, 0.25) is 26.0 Å². The summed E-state index contributed by atoms with van der Waals surface area (Å²) in [4.78, 5) is 51.0. The molecule has 8 rings (SSSR count). The third-order valence-corrected chi connectivity index (χ3v) is 17.5. The number of ketones is 2. The Morgan fingerprint density at radius 1 is 0.615 bits per heavy atom. The van der Waals surface area contributed by atoms with Crippen molar-refractivity contribution in [3.8, 4) is 0 Å². The van der Waals surface area contributed by atoms with Crippen LogP contribution in [0.1, 0.15) is 132 Å². The summed E-state index contributed by atoms with van der Waals surface area (Å²) in [5.41, 5.74) is 12.6. The third kappa shape index (κ3) is 9.68. The topological polar surface area (TPSA) is 188 Å². The van der Waals surface area contributed by atoms with Crippen LogP contribution < -0.4 is 5.73 Å². The number of nitrogens with two attached hydrogens (primary N) is 1. The Bertz CT molecular complexity index is 2770. The molecular weight excluding hydrogens is 867 g/mol. The molecule has 4 aromatic rings. The number of rotatable bonds is 12. The Morgan fingerprint density at radius 2 is 0.985 bits per heavy atom. The minimum absolute atomic E-state index is 0.00521. The summed E-state index contributed by atoms with van der Waals surface area (Å²) in [6.45, 7) is 14.1. The first-order valence-electron chi connectivity index (χ1n) is 22.6. The molecule has 2 saturated heterocycles. The lowest BCUT2D eigenvalue weighted by Crippen LogP contribution is -2.30. The van der Waals surface area contributed by atoms with Gasteiger partial charge < -0.3 is 19.6 Å². The first-order valence-corrected chi connectivity index (χ1v) is 25.4. The van der Waals surface area contributed by atoms with Crippen LogP contribution in [0.25, 0.3) is 0 Å². The lowest BCUT2D eigenvalue weighted by atomic mass is 9.75. The second-order valence-corrected chi connectivity index (χ2v) is 23.5. The number of aromatic nitrogens is 2. The van der Waals surface area contributed by atoms with E-state index in [-0.39, 0.29) is 41.5 Å². The molecule has 0 unspecified atom stereocenters. The van der Waals surface area contributed by atoms with E-state index in [1.807, 2.05) is 61.1 Å². The van der Waals surface area contributed by atoms with Crippen molar-refractivity contribution in [2.24, 2.45) is 16.6 Å². The van der Waals surface area contributed by atoms with E-state index in [2.05, 4.69) is 13.8 Å². The summed E-state index contributed by atoms with van der Waals surface area (Å²) in [7, 11) is -5.85. The largest absolute Gasteiger partial charge is 0.468 e. The Morgan fingerprint density at radius 3 is 1.35 bits per heavy atom. The summed E-state index contributed by atoms with van der Waals surface area (Å²) in [6, 6.07) is 14.1. The van der Waals surface area contributed by atoms with E-state index in [0.717, 1.165) is 59.6 Å². The highest BCUT2D eigenvalue weighted by Crippen LogP contribution is 2.42. The number of esters is 1. The van der Waals surface area contributed by atoms with Gasteiger partial charge in [0.1, 0.15) is 13.1 Å². The molecule has 16 heteroatoms. The number of sulfonamides is 2. The molecule has 4 heterocycles. The Labute approximate surface area is 383 Å². The molecule has 2 fully saturated rings. The predicted molar refractivity (Wildman–Crippen MR) is 247 cm³/mol. The maximum absolute atomic E-state index is 13.4. The van der Waals surface area contributed by atoms with Gasteiger partial charge in [0, 0.05) is 85.8 Å². The lowest BCUT2D eigenvalue weighted by Gasteiger charge is -2.30. The van der Waals surface area contributed by atoms with Gasteiger partial charge in [0.15, 0.2) is 11.6 Å². The van der Waals surface area contributed by atoms with Crippen molar-refractivity contribution in [3.05, 3.63) is 105 Å². The normalized spacial score (nSPS) is 18.5. The Balaban J connectivity index is 0.000000194. The van der Waals surface area contributed by atoms with Crippen molar-refractivity contribution in [2.45, 2.75) is 129 Å². The fourth-order valence-corrected chi connectivity index (χ4v) is 13.8. The molecule has 4 aliphatic rings. The number of nitrogens with zero attached hydrogens (tertiary/aromatic N) is 4. The van der Waals surface area contributed by atoms with Gasteiger partial charge in [-0.3, -0.25) is 19.2 Å². The molecule has 0 saturated carbocycles. The van der Waals surface area contributed by atoms with Crippen LogP contribution in [0, 0.1) is 24.7 Å². The summed E-state index contributed by atoms with van der Waals surface area (Å²) in [6.07, 6.45) is 6.28. The highest BCUT2D eigenvalue weighted by atomic mass is 32.2. The second-order valence-electron chi connectivity index (χ2n) is 19.7. The van der Waals surface area contributed by atoms with Crippen LogP contribution in [0.4, 0.5) is 0 Å². The first kappa shape index (κ1) is 48.0. The van der Waals surface area contributed by atoms with E-state index in [1.165, 1.54) is 7.11 Å². The molecular formula is C49H63N5O9S2. The maximum Gasteiger partial charge on any atom is 0.325 e. The van der Waals surface area contributed by atoms with Crippen molar-refractivity contribution in [2.75, 3.05) is 33.3 Å². The smallest absolute Gasteiger partial charge is 0.325 e. The number of ether oxygens (including phenoxy) is 1. The van der Waals surface area contributed by atoms with Crippen molar-refractivity contribution in [3.63, 3.8) is 0 Å². The van der Waals surface area contributed by atoms with E-state index in [9.17, 15) is 36.0 Å². The maximum atomic E-state index is 13.4. The van der Waals surface area contributed by atoms with Crippen molar-refractivity contribution < 1.29 is 40.8 Å². The summed E-state index contributed by atoms with van der Waals surface area (Å²) >= 11 is 0. The summed E-state index contributed by atoms with van der Waals surface area (Å²) in [5, 5.41) is 0. The van der Waals surface area contributed by atoms with E-state index >= 15 is 0 Å². The van der Waals surface area contributed by atoms with Gasteiger partial charge in [-0.2, -0.15) is 8.61 Å². The summed E-state index contributed by atoms with van der Waals surface area (Å²) < 4.78 is 65.0. The molecule has 2 aliphatic heterocycles.